The topological polar surface area (TPSA) is 72.2 Å². The lowest BCUT2D eigenvalue weighted by Gasteiger charge is -2.13. The fourth-order valence-electron chi connectivity index (χ4n) is 2.38. The number of carboxylic acids is 1. The second-order valence-electron chi connectivity index (χ2n) is 5.02. The Balaban J connectivity index is 2.39. The summed E-state index contributed by atoms with van der Waals surface area (Å²) in [6.45, 7) is 1.44. The van der Waals surface area contributed by atoms with Crippen LogP contribution in [0.2, 0.25) is 0 Å². The Bertz CT molecular complexity index is 901. The van der Waals surface area contributed by atoms with Crippen LogP contribution in [0.4, 0.5) is 0 Å². The summed E-state index contributed by atoms with van der Waals surface area (Å²) in [6.07, 6.45) is 0. The van der Waals surface area contributed by atoms with Gasteiger partial charge in [-0.2, -0.15) is 5.10 Å². The number of fused-ring (bicyclic) bond motifs is 1. The number of aliphatic carboxylic acids is 1. The van der Waals surface area contributed by atoms with E-state index in [1.807, 2.05) is 42.5 Å². The highest BCUT2D eigenvalue weighted by Gasteiger charge is 2.19. The van der Waals surface area contributed by atoms with Gasteiger partial charge in [0.05, 0.1) is 11.1 Å². The molecule has 3 rings (SSSR count). The number of carbonyl (C=O) groups is 1. The summed E-state index contributed by atoms with van der Waals surface area (Å²) in [5.74, 6) is -1.09. The Hall–Kier alpha value is -2.95. The fraction of sp³-hybridized carbons (Fsp3) is 0.118. The average Bonchev–Trinajstić information content (AvgIpc) is 2.55. The van der Waals surface area contributed by atoms with Crippen molar-refractivity contribution in [3.63, 3.8) is 0 Å². The van der Waals surface area contributed by atoms with Crippen molar-refractivity contribution >= 4 is 16.7 Å². The lowest BCUT2D eigenvalue weighted by molar-refractivity contribution is -0.140. The van der Waals surface area contributed by atoms with Gasteiger partial charge in [0.25, 0.3) is 5.56 Å². The third kappa shape index (κ3) is 2.26. The highest BCUT2D eigenvalue weighted by atomic mass is 16.4. The van der Waals surface area contributed by atoms with E-state index in [-0.39, 0.29) is 0 Å². The molecule has 0 radical (unpaired) electrons. The number of hydrogen-bond donors (Lipinski definition) is 1. The molecule has 0 aliphatic carbocycles. The molecule has 22 heavy (non-hydrogen) atoms. The standard InChI is InChI=1S/C17H14N2O3/c1-11(17(21)22)19-16(20)14-10-6-5-9-13(14)15(18-19)12-7-3-2-4-8-12/h2-11H,1H3,(H,21,22)/t11-/m0/s1. The predicted molar refractivity (Wildman–Crippen MR) is 83.8 cm³/mol. The Kier molecular flexibility index (Phi) is 3.47. The van der Waals surface area contributed by atoms with E-state index >= 15 is 0 Å². The van der Waals surface area contributed by atoms with Gasteiger partial charge in [0, 0.05) is 10.9 Å². The molecule has 5 heteroatoms. The van der Waals surface area contributed by atoms with Crippen molar-refractivity contribution < 1.29 is 9.90 Å². The number of rotatable bonds is 3. The van der Waals surface area contributed by atoms with Crippen LogP contribution in [-0.2, 0) is 4.79 Å². The van der Waals surface area contributed by atoms with Crippen LogP contribution in [0.3, 0.4) is 0 Å². The van der Waals surface area contributed by atoms with Gasteiger partial charge in [-0.1, -0.05) is 48.5 Å². The van der Waals surface area contributed by atoms with E-state index in [0.717, 1.165) is 10.2 Å². The Morgan fingerprint density at radius 1 is 1.05 bits per heavy atom. The van der Waals surface area contributed by atoms with Crippen molar-refractivity contribution in [1.82, 2.24) is 9.78 Å². The molecule has 0 bridgehead atoms. The number of benzene rings is 2. The summed E-state index contributed by atoms with van der Waals surface area (Å²) < 4.78 is 1.03. The molecule has 0 aliphatic heterocycles. The van der Waals surface area contributed by atoms with E-state index in [2.05, 4.69) is 5.10 Å². The molecule has 0 saturated carbocycles. The van der Waals surface area contributed by atoms with Crippen LogP contribution >= 0.6 is 0 Å². The summed E-state index contributed by atoms with van der Waals surface area (Å²) in [6, 6.07) is 15.5. The molecule has 0 fully saturated rings. The van der Waals surface area contributed by atoms with Gasteiger partial charge in [0.2, 0.25) is 0 Å². The molecule has 1 heterocycles. The van der Waals surface area contributed by atoms with E-state index in [1.165, 1.54) is 6.92 Å². The van der Waals surface area contributed by atoms with Crippen LogP contribution in [0, 0.1) is 0 Å². The molecule has 0 aliphatic rings. The maximum atomic E-state index is 12.5. The van der Waals surface area contributed by atoms with Gasteiger partial charge in [-0.15, -0.1) is 0 Å². The maximum absolute atomic E-state index is 12.5. The van der Waals surface area contributed by atoms with Gasteiger partial charge >= 0.3 is 5.97 Å². The number of carboxylic acid groups (broad SMARTS) is 1. The molecule has 2 aromatic carbocycles. The van der Waals surface area contributed by atoms with Gasteiger partial charge in [-0.3, -0.25) is 4.79 Å². The normalized spacial score (nSPS) is 12.2. The molecule has 3 aromatic rings. The zero-order valence-electron chi connectivity index (χ0n) is 11.9. The largest absolute Gasteiger partial charge is 0.480 e. The van der Waals surface area contributed by atoms with Crippen molar-refractivity contribution in [2.24, 2.45) is 0 Å². The first-order valence-electron chi connectivity index (χ1n) is 6.89. The molecule has 1 atom stereocenters. The number of aromatic nitrogens is 2. The van der Waals surface area contributed by atoms with Crippen LogP contribution in [0.15, 0.2) is 59.4 Å². The molecule has 0 saturated heterocycles. The van der Waals surface area contributed by atoms with Gasteiger partial charge < -0.3 is 5.11 Å². The van der Waals surface area contributed by atoms with Crippen molar-refractivity contribution in [2.45, 2.75) is 13.0 Å². The first-order valence-corrected chi connectivity index (χ1v) is 6.89. The van der Waals surface area contributed by atoms with Gasteiger partial charge in [0.1, 0.15) is 0 Å². The maximum Gasteiger partial charge on any atom is 0.328 e. The summed E-state index contributed by atoms with van der Waals surface area (Å²) in [5, 5.41) is 14.7. The zero-order chi connectivity index (χ0) is 15.7. The van der Waals surface area contributed by atoms with Crippen molar-refractivity contribution in [2.75, 3.05) is 0 Å². The van der Waals surface area contributed by atoms with Gasteiger partial charge in [-0.25, -0.2) is 9.48 Å². The molecule has 1 aromatic heterocycles. The molecule has 0 spiro atoms. The molecule has 0 amide bonds. The van der Waals surface area contributed by atoms with Crippen molar-refractivity contribution in [3.8, 4) is 11.3 Å². The molecule has 110 valence electrons. The summed E-state index contributed by atoms with van der Waals surface area (Å²) in [7, 11) is 0. The van der Waals surface area contributed by atoms with E-state index in [9.17, 15) is 14.7 Å². The smallest absolute Gasteiger partial charge is 0.328 e. The SMILES string of the molecule is C[C@@H](C(=O)O)n1nc(-c2ccccc2)c2ccccc2c1=O. The lowest BCUT2D eigenvalue weighted by atomic mass is 10.1. The van der Waals surface area contributed by atoms with Gasteiger partial charge in [0.15, 0.2) is 6.04 Å². The zero-order valence-corrected chi connectivity index (χ0v) is 11.9. The van der Waals surface area contributed by atoms with E-state index in [4.69, 9.17) is 0 Å². The monoisotopic (exact) mass is 294 g/mol. The Labute approximate surface area is 126 Å². The predicted octanol–water partition coefficient (Wildman–Crippen LogP) is 2.71. The summed E-state index contributed by atoms with van der Waals surface area (Å²) in [5.41, 5.74) is 1.04. The molecule has 5 nitrogen and oxygen atoms in total. The second kappa shape index (κ2) is 5.44. The second-order valence-corrected chi connectivity index (χ2v) is 5.02. The van der Waals surface area contributed by atoms with Crippen LogP contribution in [0.5, 0.6) is 0 Å². The molecular weight excluding hydrogens is 280 g/mol. The van der Waals surface area contributed by atoms with E-state index < -0.39 is 17.6 Å². The molecule has 1 N–H and O–H groups in total. The number of nitrogens with zero attached hydrogens (tertiary/aromatic N) is 2. The summed E-state index contributed by atoms with van der Waals surface area (Å²) >= 11 is 0. The van der Waals surface area contributed by atoms with E-state index in [0.29, 0.717) is 16.5 Å². The van der Waals surface area contributed by atoms with Crippen LogP contribution in [0.1, 0.15) is 13.0 Å². The van der Waals surface area contributed by atoms with Gasteiger partial charge in [-0.05, 0) is 13.0 Å². The number of hydrogen-bond acceptors (Lipinski definition) is 3. The highest BCUT2D eigenvalue weighted by molar-refractivity contribution is 5.93. The van der Waals surface area contributed by atoms with Crippen molar-refractivity contribution in [3.05, 3.63) is 65.0 Å². The van der Waals surface area contributed by atoms with Crippen LogP contribution in [0.25, 0.3) is 22.0 Å². The molecular formula is C17H14N2O3. The summed E-state index contributed by atoms with van der Waals surface area (Å²) in [4.78, 5) is 23.7. The minimum absolute atomic E-state index is 0.398. The Morgan fingerprint density at radius 3 is 2.27 bits per heavy atom. The van der Waals surface area contributed by atoms with E-state index in [1.54, 1.807) is 12.1 Å². The first-order chi connectivity index (χ1) is 10.6. The lowest BCUT2D eigenvalue weighted by Crippen LogP contribution is -2.30. The first kappa shape index (κ1) is 14.0. The molecule has 0 unspecified atom stereocenters. The highest BCUT2D eigenvalue weighted by Crippen LogP contribution is 2.24. The van der Waals surface area contributed by atoms with Crippen LogP contribution in [-0.4, -0.2) is 20.9 Å². The minimum Gasteiger partial charge on any atom is -0.480 e. The third-order valence-corrected chi connectivity index (χ3v) is 3.60. The minimum atomic E-state index is -1.09. The Morgan fingerprint density at radius 2 is 1.64 bits per heavy atom. The van der Waals surface area contributed by atoms with Crippen molar-refractivity contribution in [1.29, 1.82) is 0 Å². The quantitative estimate of drug-likeness (QED) is 0.806. The third-order valence-electron chi connectivity index (χ3n) is 3.60. The fourth-order valence-corrected chi connectivity index (χ4v) is 2.38. The van der Waals surface area contributed by atoms with Crippen LogP contribution < -0.4 is 5.56 Å². The average molecular weight is 294 g/mol.